The molecule has 0 spiro atoms. The Kier molecular flexibility index (Phi) is 5.19. The number of rotatable bonds is 3. The SMILES string of the molecule is O=C(c1ccc(O)cc1)C1CCN(C(=O)c2ccc3c(c2)OCCCO3)CC1. The van der Waals surface area contributed by atoms with E-state index in [0.717, 1.165) is 6.42 Å². The molecule has 0 unspecified atom stereocenters. The fourth-order valence-corrected chi connectivity index (χ4v) is 3.69. The van der Waals surface area contributed by atoms with Crippen LogP contribution in [0.25, 0.3) is 0 Å². The lowest BCUT2D eigenvalue weighted by Crippen LogP contribution is -2.40. The van der Waals surface area contributed by atoms with Gasteiger partial charge in [-0.3, -0.25) is 9.59 Å². The molecule has 6 heteroatoms. The van der Waals surface area contributed by atoms with Gasteiger partial charge in [0.1, 0.15) is 5.75 Å². The quantitative estimate of drug-likeness (QED) is 0.826. The van der Waals surface area contributed by atoms with E-state index in [1.54, 1.807) is 35.2 Å². The van der Waals surface area contributed by atoms with Crippen LogP contribution in [-0.2, 0) is 0 Å². The molecule has 1 fully saturated rings. The minimum absolute atomic E-state index is 0.0498. The summed E-state index contributed by atoms with van der Waals surface area (Å²) < 4.78 is 11.3. The molecule has 0 radical (unpaired) electrons. The predicted molar refractivity (Wildman–Crippen MR) is 103 cm³/mol. The van der Waals surface area contributed by atoms with Gasteiger partial charge in [0.05, 0.1) is 13.2 Å². The Morgan fingerprint density at radius 1 is 0.893 bits per heavy atom. The topological polar surface area (TPSA) is 76.1 Å². The lowest BCUT2D eigenvalue weighted by Gasteiger charge is -2.31. The first-order chi connectivity index (χ1) is 13.6. The molecule has 0 saturated carbocycles. The normalized spacial score (nSPS) is 17.1. The van der Waals surface area contributed by atoms with Crippen LogP contribution in [0.3, 0.4) is 0 Å². The van der Waals surface area contributed by atoms with Crippen LogP contribution in [0.4, 0.5) is 0 Å². The number of amides is 1. The van der Waals surface area contributed by atoms with E-state index in [4.69, 9.17) is 9.47 Å². The molecule has 1 N–H and O–H groups in total. The highest BCUT2D eigenvalue weighted by Crippen LogP contribution is 2.31. The average molecular weight is 381 g/mol. The van der Waals surface area contributed by atoms with Crippen molar-refractivity contribution in [2.45, 2.75) is 19.3 Å². The summed E-state index contributed by atoms with van der Waals surface area (Å²) in [6.45, 7) is 2.28. The number of fused-ring (bicyclic) bond motifs is 1. The minimum atomic E-state index is -0.0997. The number of ketones is 1. The minimum Gasteiger partial charge on any atom is -0.508 e. The summed E-state index contributed by atoms with van der Waals surface area (Å²) in [5.41, 5.74) is 1.18. The molecule has 2 aliphatic rings. The highest BCUT2D eigenvalue weighted by Gasteiger charge is 2.29. The number of hydrogen-bond acceptors (Lipinski definition) is 5. The van der Waals surface area contributed by atoms with Gasteiger partial charge < -0.3 is 19.5 Å². The molecule has 0 aromatic heterocycles. The van der Waals surface area contributed by atoms with Crippen molar-refractivity contribution in [2.75, 3.05) is 26.3 Å². The highest BCUT2D eigenvalue weighted by molar-refractivity contribution is 5.98. The molecule has 2 heterocycles. The molecule has 0 atom stereocenters. The van der Waals surface area contributed by atoms with Crippen molar-refractivity contribution in [3.05, 3.63) is 53.6 Å². The van der Waals surface area contributed by atoms with Gasteiger partial charge in [-0.05, 0) is 55.3 Å². The van der Waals surface area contributed by atoms with Crippen LogP contribution in [0, 0.1) is 5.92 Å². The standard InChI is InChI=1S/C22H23NO5/c24-18-5-2-15(3-6-18)21(25)16-8-10-23(11-9-16)22(26)17-4-7-19-20(14-17)28-13-1-12-27-19/h2-7,14,16,24H,1,8-13H2. The van der Waals surface area contributed by atoms with Crippen molar-refractivity contribution in [1.82, 2.24) is 4.90 Å². The fraction of sp³-hybridized carbons (Fsp3) is 0.364. The van der Waals surface area contributed by atoms with Gasteiger partial charge in [-0.15, -0.1) is 0 Å². The summed E-state index contributed by atoms with van der Waals surface area (Å²) in [5.74, 6) is 1.35. The van der Waals surface area contributed by atoms with Crippen LogP contribution in [0.1, 0.15) is 40.0 Å². The molecule has 1 saturated heterocycles. The van der Waals surface area contributed by atoms with Crippen LogP contribution in [0.5, 0.6) is 17.2 Å². The zero-order chi connectivity index (χ0) is 19.5. The maximum absolute atomic E-state index is 12.9. The highest BCUT2D eigenvalue weighted by atomic mass is 16.5. The van der Waals surface area contributed by atoms with Gasteiger partial charge in [-0.25, -0.2) is 0 Å². The first kappa shape index (κ1) is 18.3. The lowest BCUT2D eigenvalue weighted by atomic mass is 9.88. The van der Waals surface area contributed by atoms with E-state index in [2.05, 4.69) is 0 Å². The molecule has 0 bridgehead atoms. The lowest BCUT2D eigenvalue weighted by molar-refractivity contribution is 0.0650. The third kappa shape index (κ3) is 3.81. The number of hydrogen-bond donors (Lipinski definition) is 1. The van der Waals surface area contributed by atoms with Crippen molar-refractivity contribution in [3.8, 4) is 17.2 Å². The van der Waals surface area contributed by atoms with E-state index >= 15 is 0 Å². The van der Waals surface area contributed by atoms with Crippen molar-refractivity contribution in [2.24, 2.45) is 5.92 Å². The number of phenolic OH excluding ortho intramolecular Hbond substituents is 1. The largest absolute Gasteiger partial charge is 0.508 e. The van der Waals surface area contributed by atoms with Crippen LogP contribution < -0.4 is 9.47 Å². The van der Waals surface area contributed by atoms with Gasteiger partial charge in [0.25, 0.3) is 5.91 Å². The van der Waals surface area contributed by atoms with E-state index < -0.39 is 0 Å². The number of aromatic hydroxyl groups is 1. The molecule has 0 aliphatic carbocycles. The molecule has 2 aromatic rings. The number of Topliss-reactive ketones (excluding diaryl/α,β-unsaturated/α-hetero) is 1. The summed E-state index contributed by atoms with van der Waals surface area (Å²) in [7, 11) is 0. The molecule has 1 amide bonds. The van der Waals surface area contributed by atoms with Gasteiger partial charge in [0.15, 0.2) is 17.3 Å². The van der Waals surface area contributed by atoms with Crippen molar-refractivity contribution in [1.29, 1.82) is 0 Å². The zero-order valence-electron chi connectivity index (χ0n) is 15.6. The second-order valence-electron chi connectivity index (χ2n) is 7.19. The van der Waals surface area contributed by atoms with E-state index in [-0.39, 0.29) is 23.4 Å². The first-order valence-electron chi connectivity index (χ1n) is 9.64. The van der Waals surface area contributed by atoms with Crippen LogP contribution in [0.2, 0.25) is 0 Å². The van der Waals surface area contributed by atoms with E-state index in [9.17, 15) is 14.7 Å². The molecule has 2 aliphatic heterocycles. The molecular formula is C22H23NO5. The van der Waals surface area contributed by atoms with Crippen molar-refractivity contribution in [3.63, 3.8) is 0 Å². The monoisotopic (exact) mass is 381 g/mol. The molecule has 2 aromatic carbocycles. The van der Waals surface area contributed by atoms with Gasteiger partial charge in [-0.2, -0.15) is 0 Å². The molecular weight excluding hydrogens is 358 g/mol. The Labute approximate surface area is 163 Å². The number of carbonyl (C=O) groups is 2. The number of benzene rings is 2. The third-order valence-electron chi connectivity index (χ3n) is 5.30. The number of ether oxygens (including phenoxy) is 2. The Balaban J connectivity index is 1.39. The first-order valence-corrected chi connectivity index (χ1v) is 9.64. The summed E-state index contributed by atoms with van der Waals surface area (Å²) >= 11 is 0. The summed E-state index contributed by atoms with van der Waals surface area (Å²) in [4.78, 5) is 27.3. The number of likely N-dealkylation sites (tertiary alicyclic amines) is 1. The second kappa shape index (κ2) is 7.92. The van der Waals surface area contributed by atoms with E-state index in [1.807, 2.05) is 0 Å². The van der Waals surface area contributed by atoms with Crippen LogP contribution in [0.15, 0.2) is 42.5 Å². The molecule has 4 rings (SSSR count). The van der Waals surface area contributed by atoms with E-state index in [1.165, 1.54) is 12.1 Å². The molecule has 146 valence electrons. The van der Waals surface area contributed by atoms with E-state index in [0.29, 0.717) is 61.8 Å². The Hall–Kier alpha value is -3.02. The maximum atomic E-state index is 12.9. The number of carbonyl (C=O) groups excluding carboxylic acids is 2. The maximum Gasteiger partial charge on any atom is 0.253 e. The molecule has 6 nitrogen and oxygen atoms in total. The second-order valence-corrected chi connectivity index (χ2v) is 7.19. The van der Waals surface area contributed by atoms with Gasteiger partial charge >= 0.3 is 0 Å². The number of nitrogens with zero attached hydrogens (tertiary/aromatic N) is 1. The summed E-state index contributed by atoms with van der Waals surface area (Å²) in [6.07, 6.45) is 2.09. The Morgan fingerprint density at radius 3 is 2.25 bits per heavy atom. The zero-order valence-corrected chi connectivity index (χ0v) is 15.6. The van der Waals surface area contributed by atoms with Crippen molar-refractivity contribution >= 4 is 11.7 Å². The average Bonchev–Trinajstić information content (AvgIpc) is 2.98. The fourth-order valence-electron chi connectivity index (χ4n) is 3.69. The predicted octanol–water partition coefficient (Wildman–Crippen LogP) is 3.29. The van der Waals surface area contributed by atoms with Crippen LogP contribution in [-0.4, -0.2) is 48.0 Å². The van der Waals surface area contributed by atoms with Gasteiger partial charge in [0, 0.05) is 36.6 Å². The third-order valence-corrected chi connectivity index (χ3v) is 5.30. The smallest absolute Gasteiger partial charge is 0.253 e. The summed E-state index contributed by atoms with van der Waals surface area (Å²) in [5, 5.41) is 9.37. The van der Waals surface area contributed by atoms with Crippen LogP contribution >= 0.6 is 0 Å². The summed E-state index contributed by atoms with van der Waals surface area (Å²) in [6, 6.07) is 11.6. The van der Waals surface area contributed by atoms with Crippen molar-refractivity contribution < 1.29 is 24.2 Å². The number of piperidine rings is 1. The number of phenols is 1. The molecule has 28 heavy (non-hydrogen) atoms. The Morgan fingerprint density at radius 2 is 1.54 bits per heavy atom. The van der Waals surface area contributed by atoms with Gasteiger partial charge in [0.2, 0.25) is 0 Å². The van der Waals surface area contributed by atoms with Gasteiger partial charge in [-0.1, -0.05) is 0 Å². The Bertz CT molecular complexity index is 869.